The van der Waals surface area contributed by atoms with E-state index < -0.39 is 0 Å². The SMILES string of the molecule is CCOC(=O)CN(c1nnc(C)c(C)c1C#N)C1CC1. The normalized spacial score (nSPS) is 13.7. The molecule has 20 heavy (non-hydrogen) atoms. The third-order valence-corrected chi connectivity index (χ3v) is 3.41. The third kappa shape index (κ3) is 2.87. The van der Waals surface area contributed by atoms with Crippen LogP contribution in [0.1, 0.15) is 36.6 Å². The topological polar surface area (TPSA) is 79.1 Å². The average Bonchev–Trinajstić information content (AvgIpc) is 3.24. The first-order valence-corrected chi connectivity index (χ1v) is 6.74. The summed E-state index contributed by atoms with van der Waals surface area (Å²) in [6, 6.07) is 2.43. The van der Waals surface area contributed by atoms with Crippen LogP contribution in [0.4, 0.5) is 5.82 Å². The Bertz CT molecular complexity index is 561. The lowest BCUT2D eigenvalue weighted by Gasteiger charge is -2.23. The number of esters is 1. The Hall–Kier alpha value is -2.16. The summed E-state index contributed by atoms with van der Waals surface area (Å²) in [5.74, 6) is 0.189. The van der Waals surface area contributed by atoms with Gasteiger partial charge in [-0.15, -0.1) is 5.10 Å². The predicted molar refractivity (Wildman–Crippen MR) is 73.2 cm³/mol. The van der Waals surface area contributed by atoms with Crippen molar-refractivity contribution < 1.29 is 9.53 Å². The number of anilines is 1. The molecular weight excluding hydrogens is 256 g/mol. The molecule has 1 heterocycles. The first kappa shape index (κ1) is 14.3. The zero-order valence-electron chi connectivity index (χ0n) is 12.0. The van der Waals surface area contributed by atoms with E-state index in [-0.39, 0.29) is 18.6 Å². The van der Waals surface area contributed by atoms with Crippen LogP contribution in [0.3, 0.4) is 0 Å². The number of nitriles is 1. The van der Waals surface area contributed by atoms with Gasteiger partial charge in [0.2, 0.25) is 0 Å². The lowest BCUT2D eigenvalue weighted by atomic mass is 10.1. The highest BCUT2D eigenvalue weighted by Crippen LogP contribution is 2.33. The highest BCUT2D eigenvalue weighted by molar-refractivity contribution is 5.77. The number of carbonyl (C=O) groups excluding carboxylic acids is 1. The second-order valence-electron chi connectivity index (χ2n) is 4.88. The zero-order chi connectivity index (χ0) is 14.7. The largest absolute Gasteiger partial charge is 0.465 e. The molecule has 1 aromatic rings. The van der Waals surface area contributed by atoms with E-state index in [0.717, 1.165) is 24.1 Å². The Labute approximate surface area is 118 Å². The van der Waals surface area contributed by atoms with Crippen molar-refractivity contribution in [2.24, 2.45) is 0 Å². The number of rotatable bonds is 5. The minimum absolute atomic E-state index is 0.115. The quantitative estimate of drug-likeness (QED) is 0.757. The second kappa shape index (κ2) is 5.87. The maximum absolute atomic E-state index is 11.7. The summed E-state index contributed by atoms with van der Waals surface area (Å²) in [6.45, 7) is 5.91. The molecule has 1 aliphatic rings. The van der Waals surface area contributed by atoms with Gasteiger partial charge in [-0.3, -0.25) is 4.79 Å². The van der Waals surface area contributed by atoms with Gasteiger partial charge in [0.15, 0.2) is 5.82 Å². The molecule has 0 aromatic carbocycles. The van der Waals surface area contributed by atoms with Crippen molar-refractivity contribution in [3.63, 3.8) is 0 Å². The molecule has 0 radical (unpaired) electrons. The summed E-state index contributed by atoms with van der Waals surface area (Å²) < 4.78 is 4.99. The van der Waals surface area contributed by atoms with E-state index in [0.29, 0.717) is 18.0 Å². The van der Waals surface area contributed by atoms with Crippen LogP contribution in [0, 0.1) is 25.2 Å². The van der Waals surface area contributed by atoms with Crippen molar-refractivity contribution in [2.75, 3.05) is 18.1 Å². The van der Waals surface area contributed by atoms with Crippen LogP contribution in [0.15, 0.2) is 0 Å². The number of hydrogen-bond acceptors (Lipinski definition) is 6. The van der Waals surface area contributed by atoms with E-state index in [1.54, 1.807) is 6.92 Å². The number of ether oxygens (including phenoxy) is 1. The molecule has 6 nitrogen and oxygen atoms in total. The summed E-state index contributed by atoms with van der Waals surface area (Å²) in [5.41, 5.74) is 2.04. The van der Waals surface area contributed by atoms with Crippen molar-refractivity contribution in [1.82, 2.24) is 10.2 Å². The highest BCUT2D eigenvalue weighted by Gasteiger charge is 2.34. The fraction of sp³-hybridized carbons (Fsp3) is 0.571. The summed E-state index contributed by atoms with van der Waals surface area (Å²) in [6.07, 6.45) is 2.00. The van der Waals surface area contributed by atoms with E-state index in [4.69, 9.17) is 4.74 Å². The molecule has 6 heteroatoms. The monoisotopic (exact) mass is 274 g/mol. The zero-order valence-corrected chi connectivity index (χ0v) is 12.0. The van der Waals surface area contributed by atoms with Gasteiger partial charge in [-0.05, 0) is 39.2 Å². The maximum atomic E-state index is 11.7. The fourth-order valence-corrected chi connectivity index (χ4v) is 2.04. The van der Waals surface area contributed by atoms with Gasteiger partial charge in [-0.2, -0.15) is 10.4 Å². The third-order valence-electron chi connectivity index (χ3n) is 3.41. The lowest BCUT2D eigenvalue weighted by molar-refractivity contribution is -0.141. The molecule has 0 N–H and O–H groups in total. The molecule has 106 valence electrons. The van der Waals surface area contributed by atoms with Gasteiger partial charge in [-0.1, -0.05) is 0 Å². The smallest absolute Gasteiger partial charge is 0.325 e. The molecule has 0 atom stereocenters. The molecule has 0 amide bonds. The van der Waals surface area contributed by atoms with Crippen LogP contribution in [-0.2, 0) is 9.53 Å². The first-order chi connectivity index (χ1) is 9.58. The molecule has 0 bridgehead atoms. The number of hydrogen-bond donors (Lipinski definition) is 0. The summed E-state index contributed by atoms with van der Waals surface area (Å²) >= 11 is 0. The van der Waals surface area contributed by atoms with Crippen LogP contribution >= 0.6 is 0 Å². The van der Waals surface area contributed by atoms with Crippen molar-refractivity contribution >= 4 is 11.8 Å². The van der Waals surface area contributed by atoms with Gasteiger partial charge in [-0.25, -0.2) is 0 Å². The van der Waals surface area contributed by atoms with Gasteiger partial charge < -0.3 is 9.64 Å². The van der Waals surface area contributed by atoms with E-state index in [1.807, 2.05) is 18.7 Å². The van der Waals surface area contributed by atoms with Crippen molar-refractivity contribution in [1.29, 1.82) is 5.26 Å². The van der Waals surface area contributed by atoms with Crippen molar-refractivity contribution in [3.05, 3.63) is 16.8 Å². The van der Waals surface area contributed by atoms with Gasteiger partial charge in [0.25, 0.3) is 0 Å². The molecule has 0 unspecified atom stereocenters. The Balaban J connectivity index is 2.33. The Morgan fingerprint density at radius 2 is 2.15 bits per heavy atom. The van der Waals surface area contributed by atoms with E-state index in [2.05, 4.69) is 16.3 Å². The van der Waals surface area contributed by atoms with Crippen molar-refractivity contribution in [2.45, 2.75) is 39.7 Å². The summed E-state index contributed by atoms with van der Waals surface area (Å²) in [7, 11) is 0. The van der Waals surface area contributed by atoms with Gasteiger partial charge in [0, 0.05) is 6.04 Å². The van der Waals surface area contributed by atoms with Gasteiger partial charge >= 0.3 is 5.97 Å². The number of aryl methyl sites for hydroxylation is 1. The van der Waals surface area contributed by atoms with E-state index in [1.165, 1.54) is 0 Å². The molecular formula is C14H18N4O2. The predicted octanol–water partition coefficient (Wildman–Crippen LogP) is 1.50. The maximum Gasteiger partial charge on any atom is 0.325 e. The van der Waals surface area contributed by atoms with Crippen LogP contribution in [0.5, 0.6) is 0 Å². The first-order valence-electron chi connectivity index (χ1n) is 6.74. The lowest BCUT2D eigenvalue weighted by Crippen LogP contribution is -2.34. The van der Waals surface area contributed by atoms with Gasteiger partial charge in [0.1, 0.15) is 18.2 Å². The molecule has 0 spiro atoms. The van der Waals surface area contributed by atoms with Crippen LogP contribution < -0.4 is 4.90 Å². The summed E-state index contributed by atoms with van der Waals surface area (Å²) in [5, 5.41) is 17.6. The van der Waals surface area contributed by atoms with E-state index >= 15 is 0 Å². The fourth-order valence-electron chi connectivity index (χ4n) is 2.04. The minimum Gasteiger partial charge on any atom is -0.465 e. The van der Waals surface area contributed by atoms with E-state index in [9.17, 15) is 10.1 Å². The van der Waals surface area contributed by atoms with Crippen LogP contribution in [0.2, 0.25) is 0 Å². The van der Waals surface area contributed by atoms with Gasteiger partial charge in [0.05, 0.1) is 12.3 Å². The molecule has 0 aliphatic heterocycles. The number of carbonyl (C=O) groups is 1. The van der Waals surface area contributed by atoms with Crippen LogP contribution in [-0.4, -0.2) is 35.4 Å². The summed E-state index contributed by atoms with van der Waals surface area (Å²) in [4.78, 5) is 13.6. The molecule has 1 fully saturated rings. The highest BCUT2D eigenvalue weighted by atomic mass is 16.5. The number of nitrogens with zero attached hydrogens (tertiary/aromatic N) is 4. The van der Waals surface area contributed by atoms with Crippen LogP contribution in [0.25, 0.3) is 0 Å². The Morgan fingerprint density at radius 1 is 1.45 bits per heavy atom. The standard InChI is InChI=1S/C14H18N4O2/c1-4-20-13(19)8-18(11-5-6-11)14-12(7-15)9(2)10(3)16-17-14/h11H,4-6,8H2,1-3H3. The molecule has 0 saturated heterocycles. The molecule has 2 rings (SSSR count). The average molecular weight is 274 g/mol. The second-order valence-corrected chi connectivity index (χ2v) is 4.88. The minimum atomic E-state index is -0.302. The van der Waals surface area contributed by atoms with Crippen molar-refractivity contribution in [3.8, 4) is 6.07 Å². The molecule has 1 aliphatic carbocycles. The molecule has 1 saturated carbocycles. The Morgan fingerprint density at radius 3 is 2.70 bits per heavy atom. The molecule has 1 aromatic heterocycles. The number of aromatic nitrogens is 2. The Kier molecular flexibility index (Phi) is 4.18.